The Morgan fingerprint density at radius 1 is 1.33 bits per heavy atom. The van der Waals surface area contributed by atoms with Crippen molar-refractivity contribution in [2.45, 2.75) is 20.3 Å². The van der Waals surface area contributed by atoms with Crippen LogP contribution in [-0.4, -0.2) is 0 Å². The van der Waals surface area contributed by atoms with Crippen LogP contribution < -0.4 is 0 Å². The Balaban J connectivity index is 3.37. The van der Waals surface area contributed by atoms with Gasteiger partial charge in [0, 0.05) is 0 Å². The van der Waals surface area contributed by atoms with Crippen LogP contribution >= 0.6 is 0 Å². The SMILES string of the molecule is [CH2]C(C=CC)CC=CC. The lowest BCUT2D eigenvalue weighted by Gasteiger charge is -1.97. The molecule has 0 aliphatic carbocycles. The van der Waals surface area contributed by atoms with Crippen molar-refractivity contribution >= 4 is 0 Å². The van der Waals surface area contributed by atoms with Crippen LogP contribution in [0.3, 0.4) is 0 Å². The number of rotatable bonds is 3. The van der Waals surface area contributed by atoms with Crippen molar-refractivity contribution in [3.8, 4) is 0 Å². The lowest BCUT2D eigenvalue weighted by atomic mass is 10.1. The van der Waals surface area contributed by atoms with E-state index in [1.165, 1.54) is 0 Å². The van der Waals surface area contributed by atoms with E-state index < -0.39 is 0 Å². The van der Waals surface area contributed by atoms with Crippen LogP contribution in [0.4, 0.5) is 0 Å². The molecule has 9 heavy (non-hydrogen) atoms. The van der Waals surface area contributed by atoms with Crippen molar-refractivity contribution < 1.29 is 0 Å². The molecule has 1 radical (unpaired) electrons. The Hall–Kier alpha value is -0.520. The summed E-state index contributed by atoms with van der Waals surface area (Å²) in [5.41, 5.74) is 0. The molecule has 0 N–H and O–H groups in total. The molecule has 0 aromatic rings. The van der Waals surface area contributed by atoms with Gasteiger partial charge in [0.1, 0.15) is 0 Å². The van der Waals surface area contributed by atoms with Gasteiger partial charge in [0.05, 0.1) is 0 Å². The summed E-state index contributed by atoms with van der Waals surface area (Å²) in [5.74, 6) is 0.450. The summed E-state index contributed by atoms with van der Waals surface area (Å²) in [5, 5.41) is 0. The first-order chi connectivity index (χ1) is 4.31. The normalized spacial score (nSPS) is 15.4. The van der Waals surface area contributed by atoms with Gasteiger partial charge in [0.2, 0.25) is 0 Å². The van der Waals surface area contributed by atoms with Gasteiger partial charge in [-0.2, -0.15) is 0 Å². The molecule has 0 heterocycles. The van der Waals surface area contributed by atoms with Crippen LogP contribution in [0, 0.1) is 12.8 Å². The van der Waals surface area contributed by atoms with E-state index in [1.807, 2.05) is 19.9 Å². The van der Waals surface area contributed by atoms with Gasteiger partial charge < -0.3 is 0 Å². The largest absolute Gasteiger partial charge is 0.0916 e. The van der Waals surface area contributed by atoms with E-state index in [1.54, 1.807) is 0 Å². The molecule has 0 amide bonds. The van der Waals surface area contributed by atoms with Gasteiger partial charge >= 0.3 is 0 Å². The highest BCUT2D eigenvalue weighted by atomic mass is 13.9. The zero-order chi connectivity index (χ0) is 7.11. The van der Waals surface area contributed by atoms with Crippen LogP contribution in [0.2, 0.25) is 0 Å². The van der Waals surface area contributed by atoms with E-state index >= 15 is 0 Å². The summed E-state index contributed by atoms with van der Waals surface area (Å²) >= 11 is 0. The summed E-state index contributed by atoms with van der Waals surface area (Å²) in [6.07, 6.45) is 9.40. The average molecular weight is 123 g/mol. The van der Waals surface area contributed by atoms with Gasteiger partial charge in [0.25, 0.3) is 0 Å². The molecule has 0 aromatic heterocycles. The smallest absolute Gasteiger partial charge is 0.0199 e. The van der Waals surface area contributed by atoms with E-state index in [-0.39, 0.29) is 0 Å². The summed E-state index contributed by atoms with van der Waals surface area (Å²) in [6.45, 7) is 7.98. The molecule has 0 aliphatic heterocycles. The molecule has 0 rings (SSSR count). The molecule has 1 atom stereocenters. The van der Waals surface area contributed by atoms with Gasteiger partial charge in [-0.1, -0.05) is 24.3 Å². The minimum atomic E-state index is 0.450. The second-order valence-electron chi connectivity index (χ2n) is 2.09. The van der Waals surface area contributed by atoms with Gasteiger partial charge in [-0.25, -0.2) is 0 Å². The fourth-order valence-corrected chi connectivity index (χ4v) is 0.662. The molecular weight excluding hydrogens is 108 g/mol. The number of hydrogen-bond donors (Lipinski definition) is 0. The van der Waals surface area contributed by atoms with Gasteiger partial charge in [-0.15, -0.1) is 0 Å². The lowest BCUT2D eigenvalue weighted by molar-refractivity contribution is 0.825. The fraction of sp³-hybridized carbons (Fsp3) is 0.444. The van der Waals surface area contributed by atoms with Gasteiger partial charge in [-0.3, -0.25) is 0 Å². The van der Waals surface area contributed by atoms with E-state index in [2.05, 4.69) is 25.2 Å². The third kappa shape index (κ3) is 5.35. The van der Waals surface area contributed by atoms with Gasteiger partial charge in [0.15, 0.2) is 0 Å². The summed E-state index contributed by atoms with van der Waals surface area (Å²) < 4.78 is 0. The van der Waals surface area contributed by atoms with Crippen LogP contribution in [0.15, 0.2) is 24.3 Å². The second-order valence-corrected chi connectivity index (χ2v) is 2.09. The van der Waals surface area contributed by atoms with E-state index in [9.17, 15) is 0 Å². The highest BCUT2D eigenvalue weighted by Crippen LogP contribution is 2.02. The maximum Gasteiger partial charge on any atom is -0.0199 e. The summed E-state index contributed by atoms with van der Waals surface area (Å²) in [6, 6.07) is 0. The van der Waals surface area contributed by atoms with Gasteiger partial charge in [-0.05, 0) is 33.1 Å². The zero-order valence-corrected chi connectivity index (χ0v) is 6.30. The maximum absolute atomic E-state index is 3.93. The number of allylic oxidation sites excluding steroid dienone is 4. The Kier molecular flexibility index (Phi) is 5.29. The van der Waals surface area contributed by atoms with Crippen LogP contribution in [0.25, 0.3) is 0 Å². The third-order valence-corrected chi connectivity index (χ3v) is 1.14. The van der Waals surface area contributed by atoms with E-state index in [4.69, 9.17) is 0 Å². The first kappa shape index (κ1) is 8.48. The van der Waals surface area contributed by atoms with Crippen LogP contribution in [0.1, 0.15) is 20.3 Å². The molecule has 0 spiro atoms. The molecule has 51 valence electrons. The quantitative estimate of drug-likeness (QED) is 0.506. The predicted molar refractivity (Wildman–Crippen MR) is 43.1 cm³/mol. The Labute approximate surface area is 58.3 Å². The first-order valence-electron chi connectivity index (χ1n) is 3.38. The van der Waals surface area contributed by atoms with Crippen LogP contribution in [-0.2, 0) is 0 Å². The lowest BCUT2D eigenvalue weighted by Crippen LogP contribution is -1.84. The van der Waals surface area contributed by atoms with Crippen molar-refractivity contribution in [3.63, 3.8) is 0 Å². The topological polar surface area (TPSA) is 0 Å². The van der Waals surface area contributed by atoms with Crippen molar-refractivity contribution in [2.24, 2.45) is 5.92 Å². The Morgan fingerprint density at radius 3 is 2.44 bits per heavy atom. The van der Waals surface area contributed by atoms with Crippen molar-refractivity contribution in [2.75, 3.05) is 0 Å². The summed E-state index contributed by atoms with van der Waals surface area (Å²) in [4.78, 5) is 0. The van der Waals surface area contributed by atoms with E-state index in [0.29, 0.717) is 5.92 Å². The zero-order valence-electron chi connectivity index (χ0n) is 6.30. The summed E-state index contributed by atoms with van der Waals surface area (Å²) in [7, 11) is 0. The molecule has 0 fully saturated rings. The minimum Gasteiger partial charge on any atom is -0.0916 e. The predicted octanol–water partition coefficient (Wildman–Crippen LogP) is 2.98. The van der Waals surface area contributed by atoms with Crippen LogP contribution in [0.5, 0.6) is 0 Å². The molecule has 0 nitrogen and oxygen atoms in total. The average Bonchev–Trinajstić information content (AvgIpc) is 1.85. The monoisotopic (exact) mass is 123 g/mol. The second kappa shape index (κ2) is 5.61. The third-order valence-electron chi connectivity index (χ3n) is 1.14. The molecule has 0 saturated heterocycles. The molecule has 0 aromatic carbocycles. The molecule has 0 aliphatic rings. The van der Waals surface area contributed by atoms with Crippen molar-refractivity contribution in [3.05, 3.63) is 31.2 Å². The minimum absolute atomic E-state index is 0.450. The molecular formula is C9H15. The standard InChI is InChI=1S/C9H15/c1-4-6-8-9(3)7-5-2/h4-7,9H,3,8H2,1-2H3. The molecule has 0 saturated carbocycles. The van der Waals surface area contributed by atoms with Crippen molar-refractivity contribution in [1.29, 1.82) is 0 Å². The fourth-order valence-electron chi connectivity index (χ4n) is 0.662. The van der Waals surface area contributed by atoms with Crippen molar-refractivity contribution in [1.82, 2.24) is 0 Å². The van der Waals surface area contributed by atoms with E-state index in [0.717, 1.165) is 6.42 Å². The Morgan fingerprint density at radius 2 is 2.00 bits per heavy atom. The maximum atomic E-state index is 3.93. The number of hydrogen-bond acceptors (Lipinski definition) is 0. The first-order valence-corrected chi connectivity index (χ1v) is 3.38. The molecule has 0 bridgehead atoms. The highest BCUT2D eigenvalue weighted by molar-refractivity contribution is 4.92. The Bertz CT molecular complexity index is 98.6. The molecule has 0 heteroatoms. The highest BCUT2D eigenvalue weighted by Gasteiger charge is 1.89. The molecule has 1 unspecified atom stereocenters.